The number of aliphatic imine (C=N–C) groups is 2. The molecule has 0 radical (unpaired) electrons. The molecule has 0 aliphatic carbocycles. The van der Waals surface area contributed by atoms with Crippen LogP contribution in [0.1, 0.15) is 67.7 Å². The molecular weight excluding hydrogens is 1150 g/mol. The number of nitrogens with zero attached hydrogens (tertiary/aromatic N) is 3. The molecule has 0 saturated carbocycles. The van der Waals surface area contributed by atoms with E-state index in [1.807, 2.05) is 42.5 Å². The van der Waals surface area contributed by atoms with Crippen molar-refractivity contribution in [3.05, 3.63) is 119 Å². The Morgan fingerprint density at radius 3 is 1.60 bits per heavy atom. The molecule has 24 nitrogen and oxygen atoms in total. The van der Waals surface area contributed by atoms with Crippen LogP contribution in [0.5, 0.6) is 0 Å². The molecule has 0 unspecified atom stereocenters. The van der Waals surface area contributed by atoms with E-state index in [0.29, 0.717) is 29.1 Å². The van der Waals surface area contributed by atoms with Gasteiger partial charge in [0.25, 0.3) is 0 Å². The third-order valence-electron chi connectivity index (χ3n) is 14.1. The molecule has 85 heavy (non-hydrogen) atoms. The van der Waals surface area contributed by atoms with Gasteiger partial charge < -0.3 is 70.8 Å². The summed E-state index contributed by atoms with van der Waals surface area (Å²) in [4.78, 5) is 137. The van der Waals surface area contributed by atoms with Crippen LogP contribution in [0.25, 0.3) is 10.8 Å². The first kappa shape index (κ1) is 66.1. The van der Waals surface area contributed by atoms with Crippen molar-refractivity contribution in [2.24, 2.45) is 38.7 Å². The normalized spacial score (nSPS) is 22.8. The Morgan fingerprint density at radius 1 is 0.588 bits per heavy atom. The maximum Gasteiger partial charge on any atom is 0.246 e. The fourth-order valence-corrected chi connectivity index (χ4v) is 12.3. The molecule has 17 N–H and O–H groups in total. The molecule has 4 aromatic rings. The summed E-state index contributed by atoms with van der Waals surface area (Å²) in [7, 11) is 0. The smallest absolute Gasteiger partial charge is 0.246 e. The number of hydrogen-bond donors (Lipinski definition) is 13. The van der Waals surface area contributed by atoms with E-state index in [-0.39, 0.29) is 93.8 Å². The molecule has 0 aromatic heterocycles. The molecule has 4 aromatic carbocycles. The van der Waals surface area contributed by atoms with Crippen LogP contribution < -0.4 is 65.9 Å². The zero-order valence-electron chi connectivity index (χ0n) is 47.3. The lowest BCUT2D eigenvalue weighted by molar-refractivity contribution is -0.142. The molecule has 2 aliphatic rings. The Balaban J connectivity index is 1.38. The van der Waals surface area contributed by atoms with Crippen molar-refractivity contribution in [1.82, 2.24) is 42.1 Å². The fourth-order valence-electron chi connectivity index (χ4n) is 9.92. The van der Waals surface area contributed by atoms with Crippen molar-refractivity contribution >= 4 is 112 Å². The number of hydrogen-bond acceptors (Lipinski definition) is 14. The molecule has 8 atom stereocenters. The van der Waals surface area contributed by atoms with Crippen molar-refractivity contribution in [2.75, 3.05) is 36.9 Å². The van der Waals surface area contributed by atoms with Crippen LogP contribution in [0.15, 0.2) is 107 Å². The van der Waals surface area contributed by atoms with Crippen molar-refractivity contribution in [2.45, 2.75) is 118 Å². The average Bonchev–Trinajstić information content (AvgIpc) is 3.88. The minimum Gasteiger partial charge on any atom is -0.370 e. The number of carbonyl (C=O) groups excluding carboxylic acids is 9. The number of carbonyl (C=O) groups is 9. The number of thiol groups is 1. The highest BCUT2D eigenvalue weighted by Crippen LogP contribution is 2.30. The van der Waals surface area contributed by atoms with Gasteiger partial charge in [-0.3, -0.25) is 53.1 Å². The van der Waals surface area contributed by atoms with Crippen molar-refractivity contribution in [1.29, 1.82) is 0 Å². The van der Waals surface area contributed by atoms with Crippen LogP contribution in [0, 0.1) is 0 Å². The number of primary amides is 1. The number of rotatable bonds is 15. The lowest BCUT2D eigenvalue weighted by Gasteiger charge is -2.31. The second-order valence-electron chi connectivity index (χ2n) is 20.6. The lowest BCUT2D eigenvalue weighted by atomic mass is 10.0. The first-order chi connectivity index (χ1) is 40.8. The summed E-state index contributed by atoms with van der Waals surface area (Å²) in [6, 6.07) is 19.6. The van der Waals surface area contributed by atoms with Gasteiger partial charge in [0.1, 0.15) is 48.3 Å². The summed E-state index contributed by atoms with van der Waals surface area (Å²) < 4.78 is 0. The van der Waals surface area contributed by atoms with Gasteiger partial charge in [-0.05, 0) is 71.6 Å². The largest absolute Gasteiger partial charge is 0.370 e. The Bertz CT molecular complexity index is 3040. The second kappa shape index (κ2) is 33.4. The van der Waals surface area contributed by atoms with E-state index in [0.717, 1.165) is 21.9 Å². The van der Waals surface area contributed by atoms with E-state index >= 15 is 0 Å². The molecule has 0 spiro atoms. The van der Waals surface area contributed by atoms with E-state index < -0.39 is 101 Å². The summed E-state index contributed by atoms with van der Waals surface area (Å²) in [6.45, 7) is 1.56. The molecule has 0 bridgehead atoms. The number of fused-ring (bicyclic) bond motifs is 1. The van der Waals surface area contributed by atoms with Crippen LogP contribution in [0.4, 0.5) is 0 Å². The van der Waals surface area contributed by atoms with Crippen molar-refractivity contribution in [3.8, 4) is 0 Å². The minimum atomic E-state index is -1.41. The molecule has 2 heterocycles. The van der Waals surface area contributed by atoms with Gasteiger partial charge in [0.2, 0.25) is 53.2 Å². The van der Waals surface area contributed by atoms with Gasteiger partial charge in [0.15, 0.2) is 11.9 Å². The molecule has 9 amide bonds. The van der Waals surface area contributed by atoms with Gasteiger partial charge in [-0.1, -0.05) is 97.1 Å². The number of benzene rings is 4. The SMILES string of the molecule is CC(=O)N[C@H]1CSCc2cccc3cccc(c23)CSC[C@@H](C(N)=O)NC(=O)[C@H](Cc2ccccc2)NC(=O)[C@H](CCCN=C(N)N)NC(=O)[C@H](CS)NC(=O)[C@H](CCCN=C(N)N)NC(=O)[C@@H]2CCCN2C(=O)[C@H](Cc2ccccc2)NC1=O. The van der Waals surface area contributed by atoms with E-state index in [1.54, 1.807) is 54.6 Å². The third kappa shape index (κ3) is 20.6. The van der Waals surface area contributed by atoms with Crippen molar-refractivity contribution < 1.29 is 43.2 Å². The number of nitrogens with one attached hydrogen (secondary N) is 7. The van der Waals surface area contributed by atoms with Gasteiger partial charge in [-0.25, -0.2) is 0 Å². The minimum absolute atomic E-state index is 0.0363. The zero-order chi connectivity index (χ0) is 61.4. The maximum atomic E-state index is 14.9. The monoisotopic (exact) mass is 1220 g/mol. The highest BCUT2D eigenvalue weighted by atomic mass is 32.2. The molecule has 2 aliphatic heterocycles. The number of amides is 9. The predicted octanol–water partition coefficient (Wildman–Crippen LogP) is -0.268. The van der Waals surface area contributed by atoms with Gasteiger partial charge in [0.05, 0.1) is 0 Å². The predicted molar refractivity (Wildman–Crippen MR) is 333 cm³/mol. The van der Waals surface area contributed by atoms with Gasteiger partial charge in [-0.15, -0.1) is 0 Å². The lowest BCUT2D eigenvalue weighted by Crippen LogP contribution is -2.60. The van der Waals surface area contributed by atoms with E-state index in [4.69, 9.17) is 28.7 Å². The van der Waals surface area contributed by atoms with Crippen molar-refractivity contribution in [3.63, 3.8) is 0 Å². The summed E-state index contributed by atoms with van der Waals surface area (Å²) in [5.41, 5.74) is 31.5. The Hall–Kier alpha value is -8.04. The topological polar surface area (TPSA) is 396 Å². The first-order valence-corrected chi connectivity index (χ1v) is 30.9. The van der Waals surface area contributed by atoms with Gasteiger partial charge in [0, 0.05) is 68.2 Å². The summed E-state index contributed by atoms with van der Waals surface area (Å²) >= 11 is 7.13. The van der Waals surface area contributed by atoms with Crippen LogP contribution in [0.3, 0.4) is 0 Å². The summed E-state index contributed by atoms with van der Waals surface area (Å²) in [6.07, 6.45) is 0.873. The van der Waals surface area contributed by atoms with E-state index in [1.165, 1.54) is 35.3 Å². The number of guanidine groups is 2. The molecule has 456 valence electrons. The summed E-state index contributed by atoms with van der Waals surface area (Å²) in [5, 5.41) is 21.2. The van der Waals surface area contributed by atoms with E-state index in [2.05, 4.69) is 59.8 Å². The highest BCUT2D eigenvalue weighted by Gasteiger charge is 2.40. The van der Waals surface area contributed by atoms with Gasteiger partial charge >= 0.3 is 0 Å². The first-order valence-electron chi connectivity index (χ1n) is 27.9. The number of thioether (sulfide) groups is 2. The molecule has 6 rings (SSSR count). The standard InChI is InChI=1S/C58H77N15O9S3/c1-34(74)66-46-33-85-31-39-20-9-18-37-17-8-19-38(48(37)39)30-84-32-45(49(59)75)72-52(78)42(27-35-13-4-2-5-14-35)69-50(76)40(21-10-24-64-57(60)61)67-53(79)44(29-83)71-51(77)41(22-11-25-65-58(62)63)68-55(81)47-23-12-26-73(47)56(82)43(70-54(46)80)28-36-15-6-3-7-16-36/h2-9,13-20,40-47,83H,10-12,21-33H2,1H3,(H2,59,75)(H,66,74)(H,67,79)(H,68,81)(H,69,76)(H,70,80)(H,71,77)(H,72,78)(H4,60,61,64)(H4,62,63,65)/t40-,41-,42-,43-,44-,45-,46-,47-/m0/s1. The Kier molecular flexibility index (Phi) is 26.0. The molecule has 27 heteroatoms. The Labute approximate surface area is 507 Å². The van der Waals surface area contributed by atoms with Crippen LogP contribution in [-0.2, 0) is 67.5 Å². The molecule has 1 saturated heterocycles. The third-order valence-corrected chi connectivity index (χ3v) is 16.7. The maximum absolute atomic E-state index is 14.9. The van der Waals surface area contributed by atoms with E-state index in [9.17, 15) is 43.2 Å². The molecular formula is C58H77N15O9S3. The average molecular weight is 1220 g/mol. The Morgan fingerprint density at radius 2 is 1.07 bits per heavy atom. The second-order valence-corrected chi connectivity index (χ2v) is 23.1. The fraction of sp³-hybridized carbons (Fsp3) is 0.431. The zero-order valence-corrected chi connectivity index (χ0v) is 49.9. The number of nitrogens with two attached hydrogens (primary N) is 5. The summed E-state index contributed by atoms with van der Waals surface area (Å²) in [5.74, 6) is -6.11. The highest BCUT2D eigenvalue weighted by molar-refractivity contribution is 7.98. The van der Waals surface area contributed by atoms with Crippen LogP contribution in [0.2, 0.25) is 0 Å². The van der Waals surface area contributed by atoms with Gasteiger partial charge in [-0.2, -0.15) is 36.2 Å². The molecule has 1 fully saturated rings. The van der Waals surface area contributed by atoms with Crippen LogP contribution in [-0.4, -0.2) is 155 Å². The van der Waals surface area contributed by atoms with Crippen LogP contribution >= 0.6 is 36.2 Å². The quantitative estimate of drug-likeness (QED) is 0.0316.